The molecule has 0 atom stereocenters. The van der Waals surface area contributed by atoms with Gasteiger partial charge < -0.3 is 15.0 Å². The van der Waals surface area contributed by atoms with Gasteiger partial charge in [-0.1, -0.05) is 0 Å². The number of pyridine rings is 1. The summed E-state index contributed by atoms with van der Waals surface area (Å²) in [7, 11) is 1.55. The molecule has 0 bridgehead atoms. The fraction of sp³-hybridized carbons (Fsp3) is 0.400. The van der Waals surface area contributed by atoms with E-state index in [9.17, 15) is 4.79 Å². The third kappa shape index (κ3) is 2.44. The van der Waals surface area contributed by atoms with Gasteiger partial charge in [0.05, 0.1) is 13.1 Å². The van der Waals surface area contributed by atoms with E-state index in [0.29, 0.717) is 13.1 Å². The lowest BCUT2D eigenvalue weighted by Crippen LogP contribution is -2.54. The van der Waals surface area contributed by atoms with Crippen molar-refractivity contribution in [2.24, 2.45) is 0 Å². The molecule has 2 rings (SSSR count). The highest BCUT2D eigenvalue weighted by atomic mass is 79.9. The number of anilines is 1. The molecule has 86 valence electrons. The van der Waals surface area contributed by atoms with Crippen LogP contribution in [0.2, 0.25) is 0 Å². The first-order valence-electron chi connectivity index (χ1n) is 4.94. The summed E-state index contributed by atoms with van der Waals surface area (Å²) in [5, 5.41) is 2.42. The molecule has 6 heteroatoms. The van der Waals surface area contributed by atoms with Gasteiger partial charge in [0.1, 0.15) is 11.9 Å². The molecule has 0 aromatic carbocycles. The van der Waals surface area contributed by atoms with Crippen LogP contribution in [0.25, 0.3) is 0 Å². The lowest BCUT2D eigenvalue weighted by molar-refractivity contribution is 0.0823. The average Bonchev–Trinajstić information content (AvgIpc) is 2.24. The van der Waals surface area contributed by atoms with Crippen LogP contribution in [0.4, 0.5) is 10.6 Å². The molecule has 1 aromatic heterocycles. The second kappa shape index (κ2) is 4.69. The van der Waals surface area contributed by atoms with Crippen LogP contribution in [0.15, 0.2) is 22.8 Å². The van der Waals surface area contributed by atoms with Crippen LogP contribution in [0.3, 0.4) is 0 Å². The van der Waals surface area contributed by atoms with E-state index in [-0.39, 0.29) is 12.2 Å². The lowest BCUT2D eigenvalue weighted by Gasteiger charge is -2.38. The Labute approximate surface area is 102 Å². The molecule has 0 unspecified atom stereocenters. The van der Waals surface area contributed by atoms with Gasteiger partial charge >= 0.3 is 6.09 Å². The van der Waals surface area contributed by atoms with Crippen LogP contribution < -0.4 is 10.2 Å². The quantitative estimate of drug-likeness (QED) is 0.892. The Bertz CT molecular complexity index is 376. The predicted octanol–water partition coefficient (Wildman–Crippen LogP) is 1.39. The Hall–Kier alpha value is -1.30. The Morgan fingerprint density at radius 1 is 1.62 bits per heavy atom. The van der Waals surface area contributed by atoms with Gasteiger partial charge in [0.25, 0.3) is 0 Å². The number of halogens is 1. The van der Waals surface area contributed by atoms with Crippen molar-refractivity contribution in [1.29, 1.82) is 0 Å². The molecule has 16 heavy (non-hydrogen) atoms. The van der Waals surface area contributed by atoms with Crippen molar-refractivity contribution < 1.29 is 9.53 Å². The van der Waals surface area contributed by atoms with E-state index in [1.807, 2.05) is 12.1 Å². The summed E-state index contributed by atoms with van der Waals surface area (Å²) in [6.07, 6.45) is 1.33. The Balaban J connectivity index is 1.84. The summed E-state index contributed by atoms with van der Waals surface area (Å²) in [6.45, 7) is 1.39. The second-order valence-electron chi connectivity index (χ2n) is 3.52. The third-order valence-corrected chi connectivity index (χ3v) is 2.83. The highest BCUT2D eigenvalue weighted by Gasteiger charge is 2.30. The van der Waals surface area contributed by atoms with Crippen molar-refractivity contribution in [1.82, 2.24) is 10.3 Å². The Kier molecular flexibility index (Phi) is 3.28. The number of carbonyl (C=O) groups excluding carboxylic acids is 1. The number of alkyl carbamates (subject to hydrolysis) is 1. The molecule has 1 fully saturated rings. The van der Waals surface area contributed by atoms with E-state index in [1.54, 1.807) is 13.2 Å². The van der Waals surface area contributed by atoms with Gasteiger partial charge in [0, 0.05) is 17.7 Å². The van der Waals surface area contributed by atoms with Gasteiger partial charge in [-0.15, -0.1) is 0 Å². The summed E-state index contributed by atoms with van der Waals surface area (Å²) in [5.74, 6) is 0.903. The van der Waals surface area contributed by atoms with Crippen molar-refractivity contribution >= 4 is 27.8 Å². The minimum Gasteiger partial charge on any atom is -0.442 e. The van der Waals surface area contributed by atoms with Gasteiger partial charge in [-0.2, -0.15) is 0 Å². The summed E-state index contributed by atoms with van der Waals surface area (Å²) in [6, 6.07) is 3.87. The first-order chi connectivity index (χ1) is 7.69. The normalized spacial score (nSPS) is 15.5. The van der Waals surface area contributed by atoms with Crippen molar-refractivity contribution in [2.75, 3.05) is 25.0 Å². The van der Waals surface area contributed by atoms with Gasteiger partial charge in [0.15, 0.2) is 0 Å². The number of hydrogen-bond acceptors (Lipinski definition) is 4. The zero-order chi connectivity index (χ0) is 11.5. The zero-order valence-corrected chi connectivity index (χ0v) is 10.4. The molecule has 0 saturated carbocycles. The lowest BCUT2D eigenvalue weighted by atomic mass is 10.1. The molecule has 1 aromatic rings. The molecule has 1 N–H and O–H groups in total. The van der Waals surface area contributed by atoms with E-state index in [0.717, 1.165) is 10.3 Å². The Morgan fingerprint density at radius 3 is 2.94 bits per heavy atom. The summed E-state index contributed by atoms with van der Waals surface area (Å²) >= 11 is 3.33. The summed E-state index contributed by atoms with van der Waals surface area (Å²) in [4.78, 5) is 17.2. The fourth-order valence-electron chi connectivity index (χ4n) is 1.47. The van der Waals surface area contributed by atoms with Gasteiger partial charge in [-0.25, -0.2) is 9.78 Å². The smallest absolute Gasteiger partial charge is 0.407 e. The van der Waals surface area contributed by atoms with Crippen LogP contribution in [0.1, 0.15) is 0 Å². The molecular weight excluding hydrogens is 274 g/mol. The maximum absolute atomic E-state index is 10.9. The monoisotopic (exact) mass is 285 g/mol. The molecule has 1 aliphatic heterocycles. The minimum atomic E-state index is -0.381. The first kappa shape index (κ1) is 11.2. The van der Waals surface area contributed by atoms with E-state index >= 15 is 0 Å². The maximum atomic E-state index is 10.9. The van der Waals surface area contributed by atoms with Crippen molar-refractivity contribution in [3.63, 3.8) is 0 Å². The summed E-state index contributed by atoms with van der Waals surface area (Å²) < 4.78 is 6.04. The molecule has 1 aliphatic rings. The second-order valence-corrected chi connectivity index (χ2v) is 4.43. The SMILES string of the molecule is CNC(=O)OC1CN(c2ccc(Br)cn2)C1. The molecule has 0 spiro atoms. The number of nitrogens with zero attached hydrogens (tertiary/aromatic N) is 2. The van der Waals surface area contributed by atoms with Gasteiger partial charge in [-0.3, -0.25) is 0 Å². The molecule has 0 aliphatic carbocycles. The molecule has 1 saturated heterocycles. The number of rotatable bonds is 2. The highest BCUT2D eigenvalue weighted by molar-refractivity contribution is 9.10. The largest absolute Gasteiger partial charge is 0.442 e. The maximum Gasteiger partial charge on any atom is 0.407 e. The summed E-state index contributed by atoms with van der Waals surface area (Å²) in [5.41, 5.74) is 0. The van der Waals surface area contributed by atoms with Crippen LogP contribution in [0.5, 0.6) is 0 Å². The topological polar surface area (TPSA) is 54.5 Å². The number of carbonyl (C=O) groups is 1. The third-order valence-electron chi connectivity index (χ3n) is 2.36. The van der Waals surface area contributed by atoms with Crippen LogP contribution >= 0.6 is 15.9 Å². The zero-order valence-electron chi connectivity index (χ0n) is 8.81. The molecule has 2 heterocycles. The van der Waals surface area contributed by atoms with Crippen molar-refractivity contribution in [3.8, 4) is 0 Å². The number of amides is 1. The van der Waals surface area contributed by atoms with E-state index < -0.39 is 0 Å². The van der Waals surface area contributed by atoms with Gasteiger partial charge in [-0.05, 0) is 28.1 Å². The average molecular weight is 286 g/mol. The molecular formula is C10H12BrN3O2. The number of aromatic nitrogens is 1. The Morgan fingerprint density at radius 2 is 2.38 bits per heavy atom. The van der Waals surface area contributed by atoms with Crippen molar-refractivity contribution in [2.45, 2.75) is 6.10 Å². The van der Waals surface area contributed by atoms with Gasteiger partial charge in [0.2, 0.25) is 0 Å². The van der Waals surface area contributed by atoms with Crippen LogP contribution in [-0.2, 0) is 4.74 Å². The van der Waals surface area contributed by atoms with E-state index in [1.165, 1.54) is 0 Å². The molecule has 0 radical (unpaired) electrons. The molecule has 1 amide bonds. The van der Waals surface area contributed by atoms with E-state index in [4.69, 9.17) is 4.74 Å². The number of nitrogens with one attached hydrogen (secondary N) is 1. The standard InChI is InChI=1S/C10H12BrN3O2/c1-12-10(15)16-8-5-14(6-8)9-3-2-7(11)4-13-9/h2-4,8H,5-6H2,1H3,(H,12,15). The van der Waals surface area contributed by atoms with Crippen molar-refractivity contribution in [3.05, 3.63) is 22.8 Å². The van der Waals surface area contributed by atoms with Crippen LogP contribution in [-0.4, -0.2) is 37.3 Å². The van der Waals surface area contributed by atoms with E-state index in [2.05, 4.69) is 31.1 Å². The fourth-order valence-corrected chi connectivity index (χ4v) is 1.70. The predicted molar refractivity (Wildman–Crippen MR) is 63.5 cm³/mol. The first-order valence-corrected chi connectivity index (χ1v) is 5.73. The molecule has 5 nitrogen and oxygen atoms in total. The van der Waals surface area contributed by atoms with Crippen LogP contribution in [0, 0.1) is 0 Å². The minimum absolute atomic E-state index is 0.0367. The number of hydrogen-bond donors (Lipinski definition) is 1. The number of ether oxygens (including phenoxy) is 1. The highest BCUT2D eigenvalue weighted by Crippen LogP contribution is 2.21.